The monoisotopic (exact) mass is 1270 g/mol. The zero-order valence-electron chi connectivity index (χ0n) is 46.5. The van der Waals surface area contributed by atoms with Gasteiger partial charge in [-0.15, -0.1) is 0 Å². The number of nitrogens with zero attached hydrogens (tertiary/aromatic N) is 6. The topological polar surface area (TPSA) is 319 Å². The first kappa shape index (κ1) is 63.4. The molecule has 6 heterocycles. The number of carboxylic acids is 1. The normalized spacial score (nSPS) is 17.1. The van der Waals surface area contributed by atoms with Gasteiger partial charge >= 0.3 is 12.1 Å². The van der Waals surface area contributed by atoms with Crippen molar-refractivity contribution in [3.05, 3.63) is 131 Å². The standard InChI is InChI=1S/C58H54F4N10O13S3/c1-83-54-46(70-88(81,82)49-10-7-38(59)21-44(49)60)19-37(26-67-54)32-6-9-45-42(17-32)41(13-14-64-45)34-5-8-39(65-24-34)29-85-57(80)84-15-16-86-87-30-48(56(78)79)68-51(74)12-11-50(73)66-25-33-3-2-4-35-27-71(28-43(33)35)52(75)20-36-18-47(69-53(36)76)55(77)72-31-58(61,62)22-40(72)23-63/h2-10,13-14,17,19,21,24,26,36,40,47-48,70H,11-12,15-16,18,20,22,25,27-31H2,1H3,(H,66,73)(H,68,74)(H,69,76)(H,78,79)/t36-,40-,47-,48?/m0/s1. The second-order valence-electron chi connectivity index (χ2n) is 20.5. The Morgan fingerprint density at radius 3 is 2.45 bits per heavy atom. The van der Waals surface area contributed by atoms with E-state index in [1.54, 1.807) is 60.9 Å². The number of sulfonamides is 1. The molecular weight excluding hydrogens is 1220 g/mol. The lowest BCUT2D eigenvalue weighted by molar-refractivity contribution is -0.141. The van der Waals surface area contributed by atoms with Gasteiger partial charge in [-0.2, -0.15) is 5.26 Å². The van der Waals surface area contributed by atoms with Crippen molar-refractivity contribution in [1.82, 2.24) is 40.7 Å². The summed E-state index contributed by atoms with van der Waals surface area (Å²) in [6.45, 7) is -0.805. The van der Waals surface area contributed by atoms with E-state index in [0.717, 1.165) is 44.5 Å². The van der Waals surface area contributed by atoms with Crippen LogP contribution in [0, 0.1) is 28.9 Å². The van der Waals surface area contributed by atoms with E-state index in [9.17, 15) is 69.9 Å². The number of carbonyl (C=O) groups excluding carboxylic acids is 6. The molecule has 3 aromatic heterocycles. The van der Waals surface area contributed by atoms with Crippen LogP contribution in [0.25, 0.3) is 33.2 Å². The predicted octanol–water partition coefficient (Wildman–Crippen LogP) is 6.64. The number of carbonyl (C=O) groups is 7. The van der Waals surface area contributed by atoms with Crippen molar-refractivity contribution in [3.63, 3.8) is 0 Å². The number of fused-ring (bicyclic) bond motifs is 2. The molecule has 0 aliphatic carbocycles. The van der Waals surface area contributed by atoms with E-state index in [-0.39, 0.29) is 87.5 Å². The smallest absolute Gasteiger partial charge is 0.480 e. The quantitative estimate of drug-likeness (QED) is 0.0183. The number of carboxylic acid groups (broad SMARTS) is 1. The number of benzene rings is 3. The maximum Gasteiger partial charge on any atom is 0.508 e. The zero-order chi connectivity index (χ0) is 62.9. The Morgan fingerprint density at radius 1 is 0.920 bits per heavy atom. The minimum Gasteiger partial charge on any atom is -0.480 e. The largest absolute Gasteiger partial charge is 0.508 e. The summed E-state index contributed by atoms with van der Waals surface area (Å²) in [4.78, 5) is 104. The maximum atomic E-state index is 14.5. The number of methoxy groups -OCH3 is 1. The molecule has 9 rings (SSSR count). The van der Waals surface area contributed by atoms with E-state index in [1.165, 1.54) is 35.1 Å². The molecule has 2 fully saturated rings. The summed E-state index contributed by atoms with van der Waals surface area (Å²) in [5, 5.41) is 27.4. The minimum atomic E-state index is -4.53. The summed E-state index contributed by atoms with van der Waals surface area (Å²) in [5.74, 6) is -10.5. The molecule has 4 atom stereocenters. The minimum absolute atomic E-state index is 0.0553. The number of halogens is 4. The lowest BCUT2D eigenvalue weighted by atomic mass is 9.98. The molecule has 5 amide bonds. The van der Waals surface area contributed by atoms with Crippen LogP contribution >= 0.6 is 21.6 Å². The molecule has 0 saturated carbocycles. The second-order valence-corrected chi connectivity index (χ2v) is 24.8. The number of nitriles is 1. The predicted molar refractivity (Wildman–Crippen MR) is 310 cm³/mol. The average Bonchev–Trinajstić information content (AvgIpc) is 1.64. The van der Waals surface area contributed by atoms with Crippen LogP contribution in [-0.2, 0) is 74.5 Å². The van der Waals surface area contributed by atoms with Gasteiger partial charge in [-0.1, -0.05) is 51.9 Å². The molecule has 23 nitrogen and oxygen atoms in total. The van der Waals surface area contributed by atoms with Crippen molar-refractivity contribution in [3.8, 4) is 34.2 Å². The van der Waals surface area contributed by atoms with Crippen LogP contribution in [-0.4, -0.2) is 136 Å². The highest BCUT2D eigenvalue weighted by Gasteiger charge is 2.50. The number of aliphatic carboxylic acids is 1. The number of pyridine rings is 3. The number of alkyl halides is 2. The van der Waals surface area contributed by atoms with Gasteiger partial charge in [0, 0.05) is 104 Å². The van der Waals surface area contributed by atoms with Crippen molar-refractivity contribution >= 4 is 89.9 Å². The number of ether oxygens (including phenoxy) is 3. The molecule has 0 spiro atoms. The van der Waals surface area contributed by atoms with Gasteiger partial charge in [0.25, 0.3) is 15.9 Å². The maximum absolute atomic E-state index is 14.5. The zero-order valence-corrected chi connectivity index (χ0v) is 49.0. The van der Waals surface area contributed by atoms with Crippen molar-refractivity contribution in [2.75, 3.05) is 36.5 Å². The van der Waals surface area contributed by atoms with E-state index in [0.29, 0.717) is 44.9 Å². The molecule has 3 aromatic carbocycles. The third-order valence-corrected chi connectivity index (χ3v) is 18.3. The summed E-state index contributed by atoms with van der Waals surface area (Å²) < 4.78 is 100. The number of nitrogens with one attached hydrogen (secondary N) is 4. The molecule has 30 heteroatoms. The Balaban J connectivity index is 0.664. The molecule has 3 aliphatic heterocycles. The Morgan fingerprint density at radius 2 is 1.70 bits per heavy atom. The van der Waals surface area contributed by atoms with Crippen LogP contribution in [0.1, 0.15) is 54.5 Å². The highest BCUT2D eigenvalue weighted by molar-refractivity contribution is 8.76. The fourth-order valence-electron chi connectivity index (χ4n) is 10.1. The molecule has 0 bridgehead atoms. The molecule has 0 radical (unpaired) electrons. The summed E-state index contributed by atoms with van der Waals surface area (Å²) in [7, 11) is -0.952. The molecule has 1 unspecified atom stereocenters. The SMILES string of the molecule is COc1ncc(-c2ccc3nccc(-c4ccc(COC(=O)OCCSSCC(NC(=O)CCC(=O)NCc5cccc6c5CN(C(=O)C[C@@H]5C[C@@H](C(=O)N7CC(F)(F)C[C@H]7C#N)NC5=O)C6)C(=O)O)nc4)c3c2)cc1NS(=O)(=O)c1ccc(F)cc1F. The highest BCUT2D eigenvalue weighted by Crippen LogP contribution is 2.37. The number of aromatic nitrogens is 3. The van der Waals surface area contributed by atoms with Gasteiger partial charge < -0.3 is 45.1 Å². The van der Waals surface area contributed by atoms with Crippen LogP contribution in [0.15, 0.2) is 102 Å². The Labute approximate surface area is 507 Å². The molecule has 5 N–H and O–H groups in total. The van der Waals surface area contributed by atoms with Gasteiger partial charge in [-0.3, -0.25) is 38.7 Å². The molecule has 460 valence electrons. The number of anilines is 1. The van der Waals surface area contributed by atoms with Gasteiger partial charge in [-0.25, -0.2) is 40.6 Å². The third-order valence-electron chi connectivity index (χ3n) is 14.5. The van der Waals surface area contributed by atoms with Gasteiger partial charge in [0.1, 0.15) is 53.6 Å². The van der Waals surface area contributed by atoms with Crippen LogP contribution in [0.2, 0.25) is 0 Å². The fraction of sp³-hybridized carbons (Fsp3) is 0.328. The number of rotatable bonds is 24. The first-order valence-electron chi connectivity index (χ1n) is 27.0. The van der Waals surface area contributed by atoms with E-state index in [1.807, 2.05) is 12.1 Å². The lowest BCUT2D eigenvalue weighted by Crippen LogP contribution is -2.46. The molecule has 3 aliphatic rings. The summed E-state index contributed by atoms with van der Waals surface area (Å²) in [6, 6.07) is 17.4. The van der Waals surface area contributed by atoms with E-state index < -0.39 is 105 Å². The summed E-state index contributed by atoms with van der Waals surface area (Å²) >= 11 is 0. The van der Waals surface area contributed by atoms with E-state index in [2.05, 4.69) is 35.6 Å². The summed E-state index contributed by atoms with van der Waals surface area (Å²) in [6.07, 6.45) is 1.99. The summed E-state index contributed by atoms with van der Waals surface area (Å²) in [5.41, 5.74) is 5.69. The number of hydrogen-bond donors (Lipinski definition) is 5. The Bertz CT molecular complexity index is 3870. The van der Waals surface area contributed by atoms with Crippen molar-refractivity contribution in [2.45, 2.75) is 87.3 Å². The van der Waals surface area contributed by atoms with Crippen LogP contribution < -0.4 is 25.4 Å². The molecular formula is C58H54F4N10O13S3. The van der Waals surface area contributed by atoms with Crippen LogP contribution in [0.5, 0.6) is 5.88 Å². The van der Waals surface area contributed by atoms with Gasteiger partial charge in [-0.05, 0) is 76.7 Å². The van der Waals surface area contributed by atoms with Crippen molar-refractivity contribution in [1.29, 1.82) is 5.26 Å². The van der Waals surface area contributed by atoms with Gasteiger partial charge in [0.15, 0.2) is 0 Å². The van der Waals surface area contributed by atoms with Crippen LogP contribution in [0.4, 0.5) is 28.0 Å². The number of amides is 5. The molecule has 2 saturated heterocycles. The number of hydrogen-bond acceptors (Lipinski definition) is 18. The van der Waals surface area contributed by atoms with Gasteiger partial charge in [0.2, 0.25) is 35.4 Å². The third kappa shape index (κ3) is 15.5. The first-order chi connectivity index (χ1) is 42.1. The van der Waals surface area contributed by atoms with E-state index in [4.69, 9.17) is 14.2 Å². The van der Waals surface area contributed by atoms with E-state index >= 15 is 0 Å². The highest BCUT2D eigenvalue weighted by atomic mass is 33.1. The number of likely N-dealkylation sites (tertiary alicyclic amines) is 1. The Hall–Kier alpha value is -9.08. The first-order valence-corrected chi connectivity index (χ1v) is 31.0. The van der Waals surface area contributed by atoms with Gasteiger partial charge in [0.05, 0.1) is 30.9 Å². The van der Waals surface area contributed by atoms with Crippen LogP contribution in [0.3, 0.4) is 0 Å². The van der Waals surface area contributed by atoms with Crippen molar-refractivity contribution in [2.24, 2.45) is 5.92 Å². The Kier molecular flexibility index (Phi) is 20.0. The van der Waals surface area contributed by atoms with Crippen molar-refractivity contribution < 1.29 is 78.9 Å². The fourth-order valence-corrected chi connectivity index (χ4v) is 13.2. The molecule has 88 heavy (non-hydrogen) atoms. The lowest BCUT2D eigenvalue weighted by Gasteiger charge is -2.22. The second kappa shape index (κ2) is 27.7. The molecule has 6 aromatic rings. The average molecular weight is 1270 g/mol.